The van der Waals surface area contributed by atoms with Gasteiger partial charge in [-0.05, 0) is 46.5 Å². The fourth-order valence-electron chi connectivity index (χ4n) is 4.04. The van der Waals surface area contributed by atoms with Crippen LogP contribution in [0.3, 0.4) is 0 Å². The zero-order valence-electron chi connectivity index (χ0n) is 18.2. The lowest BCUT2D eigenvalue weighted by Crippen LogP contribution is -2.30. The normalized spacial score (nSPS) is 12.2. The molecule has 0 saturated carbocycles. The maximum atomic E-state index is 13.5. The van der Waals surface area contributed by atoms with Gasteiger partial charge in [-0.2, -0.15) is 0 Å². The van der Waals surface area contributed by atoms with Crippen LogP contribution in [0.1, 0.15) is 21.5 Å². The lowest BCUT2D eigenvalue weighted by molar-refractivity contribution is 0.0729. The van der Waals surface area contributed by atoms with Crippen molar-refractivity contribution in [2.75, 3.05) is 13.2 Å². The minimum atomic E-state index is -0.0687. The Morgan fingerprint density at radius 1 is 0.818 bits per heavy atom. The van der Waals surface area contributed by atoms with Crippen molar-refractivity contribution in [3.63, 3.8) is 0 Å². The van der Waals surface area contributed by atoms with E-state index in [-0.39, 0.29) is 5.91 Å². The summed E-state index contributed by atoms with van der Waals surface area (Å²) in [6, 6.07) is 27.9. The molecule has 5 nitrogen and oxygen atoms in total. The average molecular weight is 437 g/mol. The highest BCUT2D eigenvalue weighted by molar-refractivity contribution is 5.94. The van der Waals surface area contributed by atoms with Gasteiger partial charge in [-0.15, -0.1) is 0 Å². The zero-order chi connectivity index (χ0) is 22.5. The molecular formula is C28H24N2O3. The van der Waals surface area contributed by atoms with Crippen LogP contribution in [0.25, 0.3) is 11.1 Å². The summed E-state index contributed by atoms with van der Waals surface area (Å²) in [5.41, 5.74) is 4.87. The number of benzene rings is 3. The Labute approximate surface area is 193 Å². The summed E-state index contributed by atoms with van der Waals surface area (Å²) in [5.74, 6) is 1.39. The molecule has 0 fully saturated rings. The maximum absolute atomic E-state index is 13.5. The number of aromatic nitrogens is 1. The molecule has 1 aliphatic heterocycles. The van der Waals surface area contributed by atoms with Gasteiger partial charge in [-0.1, -0.05) is 60.7 Å². The SMILES string of the molecule is O=C(c1cccnc1)N(Cc1ccc2c(c1)OCCO2)Cc1ccccc1-c1ccccc1. The molecule has 164 valence electrons. The molecule has 0 bridgehead atoms. The summed E-state index contributed by atoms with van der Waals surface area (Å²) in [7, 11) is 0. The lowest BCUT2D eigenvalue weighted by atomic mass is 9.99. The van der Waals surface area contributed by atoms with Crippen LogP contribution in [0.5, 0.6) is 11.5 Å². The number of carbonyl (C=O) groups excluding carboxylic acids is 1. The summed E-state index contributed by atoms with van der Waals surface area (Å²) in [5, 5.41) is 0. The van der Waals surface area contributed by atoms with E-state index in [9.17, 15) is 4.79 Å². The minimum absolute atomic E-state index is 0.0687. The third-order valence-electron chi connectivity index (χ3n) is 5.64. The standard InChI is InChI=1S/C28H24N2O3/c31-28(23-10-6-14-29-18-23)30(19-21-12-13-26-27(17-21)33-16-15-32-26)20-24-9-4-5-11-25(24)22-7-2-1-3-8-22/h1-14,17-18H,15-16,19-20H2. The smallest absolute Gasteiger partial charge is 0.256 e. The minimum Gasteiger partial charge on any atom is -0.486 e. The molecule has 0 aliphatic carbocycles. The lowest BCUT2D eigenvalue weighted by Gasteiger charge is -2.25. The van der Waals surface area contributed by atoms with Crippen LogP contribution in [0, 0.1) is 0 Å². The number of hydrogen-bond donors (Lipinski definition) is 0. The summed E-state index contributed by atoms with van der Waals surface area (Å²) >= 11 is 0. The fraction of sp³-hybridized carbons (Fsp3) is 0.143. The van der Waals surface area contributed by atoms with E-state index in [0.717, 1.165) is 33.8 Å². The molecule has 5 heteroatoms. The van der Waals surface area contributed by atoms with Crippen molar-refractivity contribution in [2.24, 2.45) is 0 Å². The van der Waals surface area contributed by atoms with Gasteiger partial charge in [-0.3, -0.25) is 9.78 Å². The topological polar surface area (TPSA) is 51.7 Å². The molecule has 0 atom stereocenters. The third-order valence-corrected chi connectivity index (χ3v) is 5.64. The Balaban J connectivity index is 1.48. The summed E-state index contributed by atoms with van der Waals surface area (Å²) < 4.78 is 11.4. The molecule has 4 aromatic rings. The summed E-state index contributed by atoms with van der Waals surface area (Å²) in [4.78, 5) is 19.5. The first-order valence-electron chi connectivity index (χ1n) is 11.0. The molecule has 2 heterocycles. The highest BCUT2D eigenvalue weighted by atomic mass is 16.6. The molecule has 0 N–H and O–H groups in total. The first kappa shape index (κ1) is 20.8. The van der Waals surface area contributed by atoms with Gasteiger partial charge in [0.25, 0.3) is 5.91 Å². The second kappa shape index (κ2) is 9.57. The van der Waals surface area contributed by atoms with E-state index in [0.29, 0.717) is 31.9 Å². The molecule has 0 spiro atoms. The van der Waals surface area contributed by atoms with Crippen molar-refractivity contribution in [3.05, 3.63) is 114 Å². The van der Waals surface area contributed by atoms with E-state index in [2.05, 4.69) is 29.2 Å². The average Bonchev–Trinajstić information content (AvgIpc) is 2.89. The van der Waals surface area contributed by atoms with Crippen LogP contribution < -0.4 is 9.47 Å². The highest BCUT2D eigenvalue weighted by Crippen LogP contribution is 2.32. The Kier molecular flexibility index (Phi) is 6.02. The van der Waals surface area contributed by atoms with Gasteiger partial charge in [0, 0.05) is 25.5 Å². The number of amides is 1. The van der Waals surface area contributed by atoms with Gasteiger partial charge >= 0.3 is 0 Å². The van der Waals surface area contributed by atoms with Crippen molar-refractivity contribution in [2.45, 2.75) is 13.1 Å². The Hall–Kier alpha value is -4.12. The molecule has 0 saturated heterocycles. The molecular weight excluding hydrogens is 412 g/mol. The quantitative estimate of drug-likeness (QED) is 0.408. The monoisotopic (exact) mass is 436 g/mol. The van der Waals surface area contributed by atoms with Crippen molar-refractivity contribution < 1.29 is 14.3 Å². The number of fused-ring (bicyclic) bond motifs is 1. The molecule has 5 rings (SSSR count). The van der Waals surface area contributed by atoms with Gasteiger partial charge in [0.1, 0.15) is 13.2 Å². The predicted octanol–water partition coefficient (Wildman–Crippen LogP) is 5.36. The van der Waals surface area contributed by atoms with Gasteiger partial charge < -0.3 is 14.4 Å². The Morgan fingerprint density at radius 2 is 1.61 bits per heavy atom. The Bertz CT molecular complexity index is 1240. The number of nitrogens with zero attached hydrogens (tertiary/aromatic N) is 2. The van der Waals surface area contributed by atoms with Gasteiger partial charge in [0.05, 0.1) is 5.56 Å². The fourth-order valence-corrected chi connectivity index (χ4v) is 4.04. The van der Waals surface area contributed by atoms with Crippen molar-refractivity contribution in [3.8, 4) is 22.6 Å². The molecule has 1 amide bonds. The zero-order valence-corrected chi connectivity index (χ0v) is 18.2. The van der Waals surface area contributed by atoms with E-state index in [4.69, 9.17) is 9.47 Å². The van der Waals surface area contributed by atoms with E-state index >= 15 is 0 Å². The largest absolute Gasteiger partial charge is 0.486 e. The first-order chi connectivity index (χ1) is 16.3. The van der Waals surface area contributed by atoms with Crippen LogP contribution in [-0.4, -0.2) is 29.0 Å². The number of hydrogen-bond acceptors (Lipinski definition) is 4. The van der Waals surface area contributed by atoms with Crippen molar-refractivity contribution in [1.29, 1.82) is 0 Å². The molecule has 0 radical (unpaired) electrons. The van der Waals surface area contributed by atoms with E-state index < -0.39 is 0 Å². The van der Waals surface area contributed by atoms with Crippen LogP contribution in [-0.2, 0) is 13.1 Å². The van der Waals surface area contributed by atoms with Crippen molar-refractivity contribution >= 4 is 5.91 Å². The van der Waals surface area contributed by atoms with Gasteiger partial charge in [0.2, 0.25) is 0 Å². The van der Waals surface area contributed by atoms with Crippen LogP contribution in [0.15, 0.2) is 97.3 Å². The second-order valence-electron chi connectivity index (χ2n) is 7.90. The molecule has 1 aromatic heterocycles. The molecule has 33 heavy (non-hydrogen) atoms. The Morgan fingerprint density at radius 3 is 2.42 bits per heavy atom. The van der Waals surface area contributed by atoms with E-state index in [1.165, 1.54) is 0 Å². The van der Waals surface area contributed by atoms with Gasteiger partial charge in [0.15, 0.2) is 11.5 Å². The van der Waals surface area contributed by atoms with Crippen LogP contribution in [0.4, 0.5) is 0 Å². The van der Waals surface area contributed by atoms with E-state index in [1.54, 1.807) is 24.5 Å². The number of rotatable bonds is 6. The first-order valence-corrected chi connectivity index (χ1v) is 11.0. The molecule has 0 unspecified atom stereocenters. The van der Waals surface area contributed by atoms with Gasteiger partial charge in [-0.25, -0.2) is 0 Å². The second-order valence-corrected chi connectivity index (χ2v) is 7.90. The van der Waals surface area contributed by atoms with E-state index in [1.807, 2.05) is 53.4 Å². The summed E-state index contributed by atoms with van der Waals surface area (Å²) in [6.07, 6.45) is 3.29. The number of ether oxygens (including phenoxy) is 2. The van der Waals surface area contributed by atoms with Crippen LogP contribution in [0.2, 0.25) is 0 Å². The third kappa shape index (κ3) is 4.72. The number of carbonyl (C=O) groups is 1. The van der Waals surface area contributed by atoms with Crippen molar-refractivity contribution in [1.82, 2.24) is 9.88 Å². The maximum Gasteiger partial charge on any atom is 0.256 e. The highest BCUT2D eigenvalue weighted by Gasteiger charge is 2.20. The number of pyridine rings is 1. The summed E-state index contributed by atoms with van der Waals surface area (Å²) in [6.45, 7) is 1.98. The molecule has 3 aromatic carbocycles. The van der Waals surface area contributed by atoms with Crippen LogP contribution >= 0.6 is 0 Å². The predicted molar refractivity (Wildman–Crippen MR) is 127 cm³/mol. The molecule has 1 aliphatic rings.